The lowest BCUT2D eigenvalue weighted by Crippen LogP contribution is -1.91. The first kappa shape index (κ1) is 23.5. The molecule has 0 aliphatic rings. The molecule has 9 aromatic rings. The van der Waals surface area contributed by atoms with E-state index in [0.29, 0.717) is 0 Å². The van der Waals surface area contributed by atoms with Gasteiger partial charge in [-0.2, -0.15) is 0 Å². The van der Waals surface area contributed by atoms with E-state index < -0.39 is 0 Å². The smallest absolute Gasteiger partial charge is 0.144 e. The van der Waals surface area contributed by atoms with Crippen LogP contribution < -0.4 is 0 Å². The molecule has 0 N–H and O–H groups in total. The molecule has 7 aromatic carbocycles. The summed E-state index contributed by atoms with van der Waals surface area (Å²) < 4.78 is 9.57. The summed E-state index contributed by atoms with van der Waals surface area (Å²) in [5.74, 6) is 0.913. The summed E-state index contributed by atoms with van der Waals surface area (Å²) in [4.78, 5) is 0. The molecule has 0 atom stereocenters. The van der Waals surface area contributed by atoms with E-state index in [1.165, 1.54) is 58.4 Å². The molecule has 0 saturated heterocycles. The molecule has 0 fully saturated rings. The molecule has 196 valence electrons. The van der Waals surface area contributed by atoms with Gasteiger partial charge in [0.05, 0.1) is 0 Å². The van der Waals surface area contributed by atoms with Crippen LogP contribution in [-0.4, -0.2) is 0 Å². The van der Waals surface area contributed by atoms with Crippen molar-refractivity contribution in [2.75, 3.05) is 0 Å². The first-order chi connectivity index (χ1) is 20.9. The van der Waals surface area contributed by atoms with E-state index in [0.717, 1.165) is 27.9 Å². The number of hydrogen-bond acceptors (Lipinski definition) is 2. The average molecular weight is 553 g/mol. The van der Waals surface area contributed by atoms with Gasteiger partial charge in [-0.1, -0.05) is 127 Å². The third kappa shape index (κ3) is 3.36. The number of fused-ring (bicyclic) bond motifs is 7. The summed E-state index contributed by atoms with van der Waals surface area (Å²) in [6, 6.07) is 52.3. The second kappa shape index (κ2) is 9.17. The number of furan rings is 1. The molecule has 0 spiro atoms. The van der Waals surface area contributed by atoms with Crippen molar-refractivity contribution >= 4 is 64.0 Å². The Kier molecular flexibility index (Phi) is 5.13. The minimum Gasteiger partial charge on any atom is -0.455 e. The number of rotatable bonds is 3. The fraction of sp³-hybridized carbons (Fsp3) is 0. The van der Waals surface area contributed by atoms with Gasteiger partial charge in [-0.15, -0.1) is 11.3 Å². The van der Waals surface area contributed by atoms with Crippen molar-refractivity contribution in [1.82, 2.24) is 0 Å². The van der Waals surface area contributed by atoms with E-state index in [9.17, 15) is 0 Å². The summed E-state index contributed by atoms with van der Waals surface area (Å²) in [7, 11) is 0. The molecule has 9 rings (SSSR count). The van der Waals surface area contributed by atoms with Gasteiger partial charge in [0, 0.05) is 42.2 Å². The number of thiophene rings is 1. The zero-order valence-electron chi connectivity index (χ0n) is 22.7. The van der Waals surface area contributed by atoms with Gasteiger partial charge in [0.2, 0.25) is 0 Å². The molecule has 0 unspecified atom stereocenters. The molecule has 2 aromatic heterocycles. The highest BCUT2D eigenvalue weighted by atomic mass is 32.1. The van der Waals surface area contributed by atoms with Gasteiger partial charge in [-0.25, -0.2) is 0 Å². The van der Waals surface area contributed by atoms with E-state index in [2.05, 4.69) is 146 Å². The molecule has 0 saturated carbocycles. The highest BCUT2D eigenvalue weighted by molar-refractivity contribution is 7.26. The summed E-state index contributed by atoms with van der Waals surface area (Å²) in [6.45, 7) is 0. The van der Waals surface area contributed by atoms with Crippen molar-refractivity contribution in [2.24, 2.45) is 0 Å². The van der Waals surface area contributed by atoms with Crippen molar-refractivity contribution in [2.45, 2.75) is 0 Å². The third-order valence-electron chi connectivity index (χ3n) is 8.48. The molecule has 0 bridgehead atoms. The Bertz CT molecular complexity index is 2390. The van der Waals surface area contributed by atoms with Crippen molar-refractivity contribution in [3.63, 3.8) is 0 Å². The molecule has 0 aliphatic heterocycles. The number of benzene rings is 7. The van der Waals surface area contributed by atoms with E-state index in [4.69, 9.17) is 4.42 Å². The maximum Gasteiger partial charge on any atom is 0.144 e. The van der Waals surface area contributed by atoms with Crippen LogP contribution in [0.15, 0.2) is 150 Å². The van der Waals surface area contributed by atoms with E-state index in [1.807, 2.05) is 11.3 Å². The molecular formula is C40H24OS. The fourth-order valence-corrected chi connectivity index (χ4v) is 7.82. The maximum atomic E-state index is 7.04. The molecule has 1 nitrogen and oxygen atoms in total. The predicted molar refractivity (Wildman–Crippen MR) is 180 cm³/mol. The first-order valence-corrected chi connectivity index (χ1v) is 15.1. The normalized spacial score (nSPS) is 11.8. The largest absolute Gasteiger partial charge is 0.455 e. The van der Waals surface area contributed by atoms with Crippen LogP contribution in [0.4, 0.5) is 0 Å². The molecule has 0 amide bonds. The zero-order chi connectivity index (χ0) is 27.6. The van der Waals surface area contributed by atoms with Gasteiger partial charge in [0.25, 0.3) is 0 Å². The third-order valence-corrected chi connectivity index (χ3v) is 9.61. The van der Waals surface area contributed by atoms with Crippen LogP contribution in [0.3, 0.4) is 0 Å². The summed E-state index contributed by atoms with van der Waals surface area (Å²) in [5, 5.41) is 8.53. The first-order valence-electron chi connectivity index (χ1n) is 14.3. The fourth-order valence-electron chi connectivity index (χ4n) is 6.72. The topological polar surface area (TPSA) is 13.1 Å². The van der Waals surface area contributed by atoms with Crippen molar-refractivity contribution in [1.29, 1.82) is 0 Å². The lowest BCUT2D eigenvalue weighted by molar-refractivity contribution is 0.636. The predicted octanol–water partition coefficient (Wildman–Crippen LogP) is 12.1. The molecule has 0 aliphatic carbocycles. The Morgan fingerprint density at radius 1 is 0.357 bits per heavy atom. The van der Waals surface area contributed by atoms with Gasteiger partial charge in [0.1, 0.15) is 11.3 Å². The van der Waals surface area contributed by atoms with Crippen LogP contribution in [0, 0.1) is 0 Å². The Morgan fingerprint density at radius 3 is 1.52 bits per heavy atom. The van der Waals surface area contributed by atoms with Crippen LogP contribution in [0.2, 0.25) is 0 Å². The van der Waals surface area contributed by atoms with E-state index >= 15 is 0 Å². The maximum absolute atomic E-state index is 7.04. The molecule has 2 heteroatoms. The average Bonchev–Trinajstić information content (AvgIpc) is 3.63. The zero-order valence-corrected chi connectivity index (χ0v) is 23.5. The summed E-state index contributed by atoms with van der Waals surface area (Å²) in [6.07, 6.45) is 0. The summed E-state index contributed by atoms with van der Waals surface area (Å²) >= 11 is 1.83. The van der Waals surface area contributed by atoms with Crippen molar-refractivity contribution in [3.8, 4) is 33.6 Å². The van der Waals surface area contributed by atoms with Crippen molar-refractivity contribution < 1.29 is 4.42 Å². The van der Waals surface area contributed by atoms with Gasteiger partial charge in [-0.05, 0) is 50.9 Å². The van der Waals surface area contributed by atoms with Gasteiger partial charge in [0.15, 0.2) is 0 Å². The van der Waals surface area contributed by atoms with Gasteiger partial charge < -0.3 is 4.42 Å². The lowest BCUT2D eigenvalue weighted by atomic mass is 9.84. The van der Waals surface area contributed by atoms with Crippen LogP contribution in [-0.2, 0) is 0 Å². The lowest BCUT2D eigenvalue weighted by Gasteiger charge is -2.18. The Labute approximate surface area is 246 Å². The molecular weight excluding hydrogens is 529 g/mol. The van der Waals surface area contributed by atoms with Crippen LogP contribution in [0.5, 0.6) is 0 Å². The Hall–Kier alpha value is -5.18. The van der Waals surface area contributed by atoms with Crippen LogP contribution in [0.25, 0.3) is 86.3 Å². The van der Waals surface area contributed by atoms with Gasteiger partial charge in [-0.3, -0.25) is 0 Å². The van der Waals surface area contributed by atoms with Crippen molar-refractivity contribution in [3.05, 3.63) is 146 Å². The van der Waals surface area contributed by atoms with Crippen LogP contribution in [0.1, 0.15) is 0 Å². The van der Waals surface area contributed by atoms with E-state index in [-0.39, 0.29) is 0 Å². The monoisotopic (exact) mass is 552 g/mol. The van der Waals surface area contributed by atoms with E-state index in [1.54, 1.807) is 0 Å². The minimum atomic E-state index is 0.913. The molecule has 42 heavy (non-hydrogen) atoms. The standard InChI is InChI=1S/C40H24OS/c1-3-13-25(14-4-1)35-27-17-7-9-19-29(27)36(30-20-10-8-18-28(30)35)38-32-23-24-34-37(31-21-11-12-22-33(31)42-34)40(32)41-39(38)26-15-5-2-6-16-26/h1-24H. The SMILES string of the molecule is c1ccc(-c2oc3c(ccc4sc5ccccc5c43)c2-c2c3ccccc3c(-c3ccccc3)c3ccccc23)cc1. The summed E-state index contributed by atoms with van der Waals surface area (Å²) in [5.41, 5.74) is 6.91. The van der Waals surface area contributed by atoms with Crippen LogP contribution >= 0.6 is 11.3 Å². The quantitative estimate of drug-likeness (QED) is 0.199. The Balaban J connectivity index is 1.51. The Morgan fingerprint density at radius 2 is 0.881 bits per heavy atom. The minimum absolute atomic E-state index is 0.913. The highest BCUT2D eigenvalue weighted by Crippen LogP contribution is 2.51. The second-order valence-electron chi connectivity index (χ2n) is 10.8. The molecule has 0 radical (unpaired) electrons. The second-order valence-corrected chi connectivity index (χ2v) is 11.9. The highest BCUT2D eigenvalue weighted by Gasteiger charge is 2.25. The van der Waals surface area contributed by atoms with Gasteiger partial charge >= 0.3 is 0 Å². The molecule has 2 heterocycles. The number of hydrogen-bond donors (Lipinski definition) is 0.